The Morgan fingerprint density at radius 3 is 2.64 bits per heavy atom. The SMILES string of the molecule is CN(C)C/C=C1/CC(C)(C)NC(=O)N1. The van der Waals surface area contributed by atoms with Gasteiger partial charge in [0.25, 0.3) is 0 Å². The van der Waals surface area contributed by atoms with Crippen LogP contribution >= 0.6 is 0 Å². The van der Waals surface area contributed by atoms with Crippen LogP contribution in [0, 0.1) is 0 Å². The Bertz CT molecular complexity index is 256. The largest absolute Gasteiger partial charge is 0.333 e. The molecule has 2 amide bonds. The van der Waals surface area contributed by atoms with Gasteiger partial charge in [-0.05, 0) is 27.9 Å². The van der Waals surface area contributed by atoms with Crippen LogP contribution < -0.4 is 10.6 Å². The molecule has 1 rings (SSSR count). The van der Waals surface area contributed by atoms with Crippen LogP contribution in [-0.4, -0.2) is 37.1 Å². The third kappa shape index (κ3) is 3.38. The summed E-state index contributed by atoms with van der Waals surface area (Å²) in [4.78, 5) is 13.3. The molecule has 0 atom stereocenters. The summed E-state index contributed by atoms with van der Waals surface area (Å²) < 4.78 is 0. The first-order chi connectivity index (χ1) is 6.39. The quantitative estimate of drug-likeness (QED) is 0.691. The van der Waals surface area contributed by atoms with Crippen LogP contribution in [0.25, 0.3) is 0 Å². The van der Waals surface area contributed by atoms with E-state index in [2.05, 4.69) is 21.6 Å². The van der Waals surface area contributed by atoms with Crippen molar-refractivity contribution in [1.82, 2.24) is 15.5 Å². The minimum atomic E-state index is -0.138. The average Bonchev–Trinajstić information content (AvgIpc) is 1.96. The van der Waals surface area contributed by atoms with Crippen molar-refractivity contribution in [1.29, 1.82) is 0 Å². The Morgan fingerprint density at radius 2 is 2.14 bits per heavy atom. The minimum absolute atomic E-state index is 0.105. The molecule has 1 aliphatic rings. The van der Waals surface area contributed by atoms with Gasteiger partial charge < -0.3 is 15.5 Å². The van der Waals surface area contributed by atoms with Gasteiger partial charge in [-0.1, -0.05) is 6.08 Å². The fourth-order valence-electron chi connectivity index (χ4n) is 1.46. The highest BCUT2D eigenvalue weighted by molar-refractivity contribution is 5.78. The molecule has 0 unspecified atom stereocenters. The predicted molar refractivity (Wildman–Crippen MR) is 57.0 cm³/mol. The maximum absolute atomic E-state index is 11.3. The van der Waals surface area contributed by atoms with Crippen LogP contribution in [-0.2, 0) is 0 Å². The molecule has 1 saturated heterocycles. The summed E-state index contributed by atoms with van der Waals surface area (Å²) in [6, 6.07) is -0.105. The van der Waals surface area contributed by atoms with E-state index >= 15 is 0 Å². The van der Waals surface area contributed by atoms with Gasteiger partial charge in [-0.15, -0.1) is 0 Å². The number of urea groups is 1. The Labute approximate surface area is 85.3 Å². The normalized spacial score (nSPS) is 23.5. The molecule has 0 aromatic heterocycles. The van der Waals surface area contributed by atoms with Crippen molar-refractivity contribution in [2.75, 3.05) is 20.6 Å². The highest BCUT2D eigenvalue weighted by Crippen LogP contribution is 2.17. The molecule has 0 radical (unpaired) electrons. The second-order valence-corrected chi connectivity index (χ2v) is 4.63. The van der Waals surface area contributed by atoms with E-state index in [1.165, 1.54) is 0 Å². The van der Waals surface area contributed by atoms with Crippen molar-refractivity contribution in [3.05, 3.63) is 11.8 Å². The Balaban J connectivity index is 2.62. The highest BCUT2D eigenvalue weighted by Gasteiger charge is 2.27. The number of carbonyl (C=O) groups excluding carboxylic acids is 1. The molecule has 0 aromatic rings. The first kappa shape index (κ1) is 11.0. The number of likely N-dealkylation sites (N-methyl/N-ethyl adjacent to an activating group) is 1. The molecule has 0 aromatic carbocycles. The first-order valence-electron chi connectivity index (χ1n) is 4.82. The zero-order valence-electron chi connectivity index (χ0n) is 9.35. The summed E-state index contributed by atoms with van der Waals surface area (Å²) >= 11 is 0. The van der Waals surface area contributed by atoms with Crippen LogP contribution in [0.2, 0.25) is 0 Å². The number of nitrogens with zero attached hydrogens (tertiary/aromatic N) is 1. The molecule has 0 bridgehead atoms. The maximum Gasteiger partial charge on any atom is 0.319 e. The average molecular weight is 197 g/mol. The van der Waals surface area contributed by atoms with Crippen molar-refractivity contribution in [2.45, 2.75) is 25.8 Å². The number of hydrogen-bond acceptors (Lipinski definition) is 2. The molecule has 0 saturated carbocycles. The smallest absolute Gasteiger partial charge is 0.319 e. The molecule has 4 nitrogen and oxygen atoms in total. The third-order valence-electron chi connectivity index (χ3n) is 2.06. The lowest BCUT2D eigenvalue weighted by Gasteiger charge is -2.33. The number of nitrogens with one attached hydrogen (secondary N) is 2. The molecule has 1 heterocycles. The van der Waals surface area contributed by atoms with Gasteiger partial charge in [0.1, 0.15) is 0 Å². The summed E-state index contributed by atoms with van der Waals surface area (Å²) in [5.41, 5.74) is 0.868. The van der Waals surface area contributed by atoms with Crippen LogP contribution in [0.4, 0.5) is 4.79 Å². The van der Waals surface area contributed by atoms with E-state index in [1.807, 2.05) is 27.9 Å². The molecule has 2 N–H and O–H groups in total. The highest BCUT2D eigenvalue weighted by atomic mass is 16.2. The van der Waals surface area contributed by atoms with E-state index in [-0.39, 0.29) is 11.6 Å². The van der Waals surface area contributed by atoms with Gasteiger partial charge in [-0.3, -0.25) is 0 Å². The van der Waals surface area contributed by atoms with E-state index < -0.39 is 0 Å². The lowest BCUT2D eigenvalue weighted by atomic mass is 9.96. The van der Waals surface area contributed by atoms with Gasteiger partial charge >= 0.3 is 6.03 Å². The van der Waals surface area contributed by atoms with Crippen LogP contribution in [0.3, 0.4) is 0 Å². The first-order valence-corrected chi connectivity index (χ1v) is 4.82. The lowest BCUT2D eigenvalue weighted by molar-refractivity contribution is 0.223. The van der Waals surface area contributed by atoms with E-state index in [9.17, 15) is 4.79 Å². The summed E-state index contributed by atoms with van der Waals surface area (Å²) in [5, 5.41) is 5.68. The van der Waals surface area contributed by atoms with Crippen molar-refractivity contribution in [3.8, 4) is 0 Å². The monoisotopic (exact) mass is 197 g/mol. The summed E-state index contributed by atoms with van der Waals surface area (Å²) in [5.74, 6) is 0. The molecular weight excluding hydrogens is 178 g/mol. The molecule has 4 heteroatoms. The second kappa shape index (κ2) is 4.00. The van der Waals surface area contributed by atoms with Crippen LogP contribution in [0.1, 0.15) is 20.3 Å². The summed E-state index contributed by atoms with van der Waals surface area (Å²) in [6.45, 7) is 4.90. The van der Waals surface area contributed by atoms with E-state index in [0.717, 1.165) is 18.7 Å². The topological polar surface area (TPSA) is 44.4 Å². The second-order valence-electron chi connectivity index (χ2n) is 4.63. The van der Waals surface area contributed by atoms with Crippen molar-refractivity contribution in [3.63, 3.8) is 0 Å². The van der Waals surface area contributed by atoms with Gasteiger partial charge in [0, 0.05) is 24.2 Å². The van der Waals surface area contributed by atoms with Crippen LogP contribution in [0.15, 0.2) is 11.8 Å². The van der Waals surface area contributed by atoms with Gasteiger partial charge in [0.15, 0.2) is 0 Å². The predicted octanol–water partition coefficient (Wildman–Crippen LogP) is 0.913. The van der Waals surface area contributed by atoms with E-state index in [1.54, 1.807) is 0 Å². The molecule has 1 fully saturated rings. The zero-order chi connectivity index (χ0) is 10.8. The Morgan fingerprint density at radius 1 is 1.50 bits per heavy atom. The number of rotatable bonds is 2. The number of hydrogen-bond donors (Lipinski definition) is 2. The molecule has 0 spiro atoms. The zero-order valence-corrected chi connectivity index (χ0v) is 9.35. The van der Waals surface area contributed by atoms with Crippen LogP contribution in [0.5, 0.6) is 0 Å². The van der Waals surface area contributed by atoms with Crippen molar-refractivity contribution >= 4 is 6.03 Å². The van der Waals surface area contributed by atoms with E-state index in [4.69, 9.17) is 0 Å². The summed E-state index contributed by atoms with van der Waals surface area (Å²) in [7, 11) is 4.01. The maximum atomic E-state index is 11.3. The fraction of sp³-hybridized carbons (Fsp3) is 0.700. The Hall–Kier alpha value is -1.03. The Kier molecular flexibility index (Phi) is 3.16. The summed E-state index contributed by atoms with van der Waals surface area (Å²) in [6.07, 6.45) is 2.91. The minimum Gasteiger partial charge on any atom is -0.333 e. The van der Waals surface area contributed by atoms with Crippen molar-refractivity contribution < 1.29 is 4.79 Å². The van der Waals surface area contributed by atoms with E-state index in [0.29, 0.717) is 0 Å². The molecular formula is C10H19N3O. The van der Waals surface area contributed by atoms with Gasteiger partial charge in [0.05, 0.1) is 0 Å². The van der Waals surface area contributed by atoms with Crippen molar-refractivity contribution in [2.24, 2.45) is 0 Å². The van der Waals surface area contributed by atoms with Gasteiger partial charge in [-0.2, -0.15) is 0 Å². The number of carbonyl (C=O) groups is 1. The molecule has 80 valence electrons. The van der Waals surface area contributed by atoms with Gasteiger partial charge in [0.2, 0.25) is 0 Å². The molecule has 0 aliphatic carbocycles. The van der Waals surface area contributed by atoms with Gasteiger partial charge in [-0.25, -0.2) is 4.79 Å². The number of amides is 2. The third-order valence-corrected chi connectivity index (χ3v) is 2.06. The molecule has 14 heavy (non-hydrogen) atoms. The molecule has 1 aliphatic heterocycles. The lowest BCUT2D eigenvalue weighted by Crippen LogP contribution is -2.54. The standard InChI is InChI=1S/C10H19N3O/c1-10(2)7-8(5-6-13(3)4)11-9(14)12-10/h5H,6-7H2,1-4H3,(H2,11,12,14)/b8-5-. The fourth-order valence-corrected chi connectivity index (χ4v) is 1.46.